The summed E-state index contributed by atoms with van der Waals surface area (Å²) in [4.78, 5) is 15.9. The lowest BCUT2D eigenvalue weighted by atomic mass is 10.2. The monoisotopic (exact) mass is 235 g/mol. The van der Waals surface area contributed by atoms with Crippen molar-refractivity contribution in [2.45, 2.75) is 39.3 Å². The highest BCUT2D eigenvalue weighted by Crippen LogP contribution is 2.08. The number of hydrogen-bond acceptors (Lipinski definition) is 3. The lowest BCUT2D eigenvalue weighted by Crippen LogP contribution is -2.34. The van der Waals surface area contributed by atoms with Gasteiger partial charge in [-0.25, -0.2) is 0 Å². The van der Waals surface area contributed by atoms with E-state index in [9.17, 15) is 4.79 Å². The summed E-state index contributed by atoms with van der Waals surface area (Å²) in [5, 5.41) is 6.16. The lowest BCUT2D eigenvalue weighted by molar-refractivity contribution is -0.122. The third-order valence-corrected chi connectivity index (χ3v) is 2.55. The van der Waals surface area contributed by atoms with E-state index in [-0.39, 0.29) is 18.0 Å². The summed E-state index contributed by atoms with van der Waals surface area (Å²) in [6.07, 6.45) is 2.23. The van der Waals surface area contributed by atoms with Crippen molar-refractivity contribution in [2.75, 3.05) is 6.54 Å². The van der Waals surface area contributed by atoms with Crippen molar-refractivity contribution in [3.63, 3.8) is 0 Å². The van der Waals surface area contributed by atoms with Gasteiger partial charge in [-0.15, -0.1) is 0 Å². The molecule has 4 heteroatoms. The van der Waals surface area contributed by atoms with Crippen molar-refractivity contribution in [1.29, 1.82) is 0 Å². The van der Waals surface area contributed by atoms with Crippen molar-refractivity contribution in [3.05, 3.63) is 30.1 Å². The molecule has 0 aliphatic heterocycles. The van der Waals surface area contributed by atoms with Gasteiger partial charge in [0, 0.05) is 18.7 Å². The quantitative estimate of drug-likeness (QED) is 0.788. The number of nitrogens with one attached hydrogen (secondary N) is 2. The molecule has 2 atom stereocenters. The first-order valence-electron chi connectivity index (χ1n) is 6.07. The van der Waals surface area contributed by atoms with E-state index in [0.29, 0.717) is 6.42 Å². The minimum atomic E-state index is -0.0440. The summed E-state index contributed by atoms with van der Waals surface area (Å²) < 4.78 is 0. The molecule has 0 aromatic carbocycles. The van der Waals surface area contributed by atoms with Crippen LogP contribution in [0.2, 0.25) is 0 Å². The number of aromatic nitrogens is 1. The molecule has 0 bridgehead atoms. The maximum Gasteiger partial charge on any atom is 0.222 e. The smallest absolute Gasteiger partial charge is 0.222 e. The molecule has 1 aromatic rings. The van der Waals surface area contributed by atoms with Gasteiger partial charge in [-0.1, -0.05) is 13.0 Å². The molecule has 17 heavy (non-hydrogen) atoms. The molecular weight excluding hydrogens is 214 g/mol. The van der Waals surface area contributed by atoms with Gasteiger partial charge < -0.3 is 10.6 Å². The number of amides is 1. The molecule has 0 aliphatic carbocycles. The van der Waals surface area contributed by atoms with Crippen LogP contribution in [0, 0.1) is 0 Å². The van der Waals surface area contributed by atoms with Gasteiger partial charge in [-0.2, -0.15) is 0 Å². The molecule has 2 N–H and O–H groups in total. The van der Waals surface area contributed by atoms with Gasteiger partial charge in [-0.3, -0.25) is 9.78 Å². The molecule has 0 spiro atoms. The third kappa shape index (κ3) is 4.95. The Bertz CT molecular complexity index is 340. The summed E-state index contributed by atoms with van der Waals surface area (Å²) in [5.41, 5.74) is 0.886. The fraction of sp³-hybridized carbons (Fsp3) is 0.538. The molecule has 0 radical (unpaired) electrons. The number of hydrogen-bond donors (Lipinski definition) is 2. The van der Waals surface area contributed by atoms with Crippen LogP contribution in [0.1, 0.15) is 38.9 Å². The summed E-state index contributed by atoms with van der Waals surface area (Å²) in [6, 6.07) is 5.87. The van der Waals surface area contributed by atoms with Crippen LogP contribution < -0.4 is 10.6 Å². The van der Waals surface area contributed by atoms with E-state index >= 15 is 0 Å². The number of nitrogens with zero attached hydrogens (tertiary/aromatic N) is 1. The van der Waals surface area contributed by atoms with E-state index in [0.717, 1.165) is 12.2 Å². The van der Waals surface area contributed by atoms with Crippen molar-refractivity contribution in [3.8, 4) is 0 Å². The van der Waals surface area contributed by atoms with Gasteiger partial charge in [0.1, 0.15) is 0 Å². The standard InChI is InChI=1S/C13H21N3O/c1-4-14-10(2)9-13(17)16-11(3)12-7-5-6-8-15-12/h5-8,10-11,14H,4,9H2,1-3H3,(H,16,17)/t10?,11-/m0/s1. The fourth-order valence-electron chi connectivity index (χ4n) is 1.71. The Morgan fingerprint density at radius 3 is 2.76 bits per heavy atom. The Balaban J connectivity index is 2.41. The topological polar surface area (TPSA) is 54.0 Å². The summed E-state index contributed by atoms with van der Waals surface area (Å²) in [7, 11) is 0. The van der Waals surface area contributed by atoms with Crippen molar-refractivity contribution >= 4 is 5.91 Å². The minimum absolute atomic E-state index is 0.0440. The zero-order valence-corrected chi connectivity index (χ0v) is 10.7. The second kappa shape index (κ2) is 7.01. The van der Waals surface area contributed by atoms with Crippen LogP contribution in [-0.2, 0) is 4.79 Å². The SMILES string of the molecule is CCNC(C)CC(=O)N[C@@H](C)c1ccccn1. The Morgan fingerprint density at radius 2 is 2.18 bits per heavy atom. The Morgan fingerprint density at radius 1 is 1.41 bits per heavy atom. The highest BCUT2D eigenvalue weighted by Gasteiger charge is 2.12. The largest absolute Gasteiger partial charge is 0.348 e. The average Bonchev–Trinajstić information content (AvgIpc) is 2.30. The van der Waals surface area contributed by atoms with Crippen LogP contribution in [-0.4, -0.2) is 23.5 Å². The van der Waals surface area contributed by atoms with E-state index in [4.69, 9.17) is 0 Å². The van der Waals surface area contributed by atoms with E-state index < -0.39 is 0 Å². The Hall–Kier alpha value is -1.42. The highest BCUT2D eigenvalue weighted by molar-refractivity contribution is 5.76. The predicted octanol–water partition coefficient (Wildman–Crippen LogP) is 1.65. The molecule has 0 aliphatic rings. The molecule has 94 valence electrons. The van der Waals surface area contributed by atoms with Crippen LogP contribution in [0.4, 0.5) is 0 Å². The van der Waals surface area contributed by atoms with Gasteiger partial charge in [0.05, 0.1) is 11.7 Å². The van der Waals surface area contributed by atoms with Gasteiger partial charge >= 0.3 is 0 Å². The van der Waals surface area contributed by atoms with Crippen LogP contribution in [0.5, 0.6) is 0 Å². The van der Waals surface area contributed by atoms with Crippen LogP contribution >= 0.6 is 0 Å². The number of carbonyl (C=O) groups is 1. The van der Waals surface area contributed by atoms with Crippen LogP contribution in [0.3, 0.4) is 0 Å². The Kier molecular flexibility index (Phi) is 5.63. The van der Waals surface area contributed by atoms with Gasteiger partial charge in [-0.05, 0) is 32.5 Å². The average molecular weight is 235 g/mol. The zero-order valence-electron chi connectivity index (χ0n) is 10.7. The van der Waals surface area contributed by atoms with Crippen LogP contribution in [0.15, 0.2) is 24.4 Å². The van der Waals surface area contributed by atoms with Gasteiger partial charge in [0.15, 0.2) is 0 Å². The summed E-state index contributed by atoms with van der Waals surface area (Å²) in [5.74, 6) is 0.0524. The van der Waals surface area contributed by atoms with Crippen molar-refractivity contribution < 1.29 is 4.79 Å². The number of rotatable bonds is 6. The van der Waals surface area contributed by atoms with E-state index in [1.807, 2.05) is 39.0 Å². The van der Waals surface area contributed by atoms with Gasteiger partial charge in [0.25, 0.3) is 0 Å². The molecule has 1 unspecified atom stereocenters. The van der Waals surface area contributed by atoms with Crippen LogP contribution in [0.25, 0.3) is 0 Å². The third-order valence-electron chi connectivity index (χ3n) is 2.55. The lowest BCUT2D eigenvalue weighted by Gasteiger charge is -2.16. The zero-order chi connectivity index (χ0) is 12.7. The van der Waals surface area contributed by atoms with Crippen molar-refractivity contribution in [2.24, 2.45) is 0 Å². The summed E-state index contributed by atoms with van der Waals surface area (Å²) >= 11 is 0. The molecule has 0 fully saturated rings. The van der Waals surface area contributed by atoms with E-state index in [2.05, 4.69) is 15.6 Å². The molecule has 0 saturated carbocycles. The van der Waals surface area contributed by atoms with E-state index in [1.54, 1.807) is 6.20 Å². The first-order valence-corrected chi connectivity index (χ1v) is 6.07. The fourth-order valence-corrected chi connectivity index (χ4v) is 1.71. The second-order valence-corrected chi connectivity index (χ2v) is 4.21. The second-order valence-electron chi connectivity index (χ2n) is 4.21. The molecule has 1 rings (SSSR count). The molecule has 1 aromatic heterocycles. The molecular formula is C13H21N3O. The maximum atomic E-state index is 11.7. The Labute approximate surface area is 103 Å². The molecule has 1 heterocycles. The molecule has 0 saturated heterocycles. The highest BCUT2D eigenvalue weighted by atomic mass is 16.1. The number of pyridine rings is 1. The molecule has 4 nitrogen and oxygen atoms in total. The van der Waals surface area contributed by atoms with Crippen molar-refractivity contribution in [1.82, 2.24) is 15.6 Å². The van der Waals surface area contributed by atoms with E-state index in [1.165, 1.54) is 0 Å². The maximum absolute atomic E-state index is 11.7. The predicted molar refractivity (Wildman–Crippen MR) is 68.6 cm³/mol. The minimum Gasteiger partial charge on any atom is -0.348 e. The first-order chi connectivity index (χ1) is 8.13. The molecule has 1 amide bonds. The first kappa shape index (κ1) is 13.6. The van der Waals surface area contributed by atoms with Gasteiger partial charge in [0.2, 0.25) is 5.91 Å². The summed E-state index contributed by atoms with van der Waals surface area (Å²) in [6.45, 7) is 6.86. The normalized spacial score (nSPS) is 14.1. The number of carbonyl (C=O) groups excluding carboxylic acids is 1.